The highest BCUT2D eigenvalue weighted by Crippen LogP contribution is 2.20. The molecule has 16 heavy (non-hydrogen) atoms. The minimum absolute atomic E-state index is 0.179. The molecule has 1 N–H and O–H groups in total. The van der Waals surface area contributed by atoms with Crippen molar-refractivity contribution in [3.8, 4) is 0 Å². The monoisotopic (exact) mass is 285 g/mol. The van der Waals surface area contributed by atoms with Gasteiger partial charge in [-0.05, 0) is 57.1 Å². The molecule has 0 aliphatic heterocycles. The smallest absolute Gasteiger partial charge is 0.123 e. The second-order valence-electron chi connectivity index (χ2n) is 3.86. The lowest BCUT2D eigenvalue weighted by molar-refractivity contribution is 0.625. The van der Waals surface area contributed by atoms with Crippen LogP contribution in [0.15, 0.2) is 34.3 Å². The van der Waals surface area contributed by atoms with Crippen molar-refractivity contribution in [1.82, 2.24) is 5.32 Å². The normalized spacial score (nSPS) is 11.9. The average molecular weight is 286 g/mol. The summed E-state index contributed by atoms with van der Waals surface area (Å²) in [5.74, 6) is -0.179. The zero-order valence-electron chi connectivity index (χ0n) is 9.69. The minimum Gasteiger partial charge on any atom is -0.319 e. The molecule has 0 aliphatic carbocycles. The van der Waals surface area contributed by atoms with Gasteiger partial charge in [0.25, 0.3) is 0 Å². The first kappa shape index (κ1) is 13.4. The van der Waals surface area contributed by atoms with Crippen LogP contribution in [0.2, 0.25) is 0 Å². The number of rotatable bonds is 5. The summed E-state index contributed by atoms with van der Waals surface area (Å²) in [5.41, 5.74) is 2.26. The lowest BCUT2D eigenvalue weighted by atomic mass is 10.1. The van der Waals surface area contributed by atoms with Gasteiger partial charge >= 0.3 is 0 Å². The van der Waals surface area contributed by atoms with E-state index in [4.69, 9.17) is 0 Å². The molecule has 0 unspecified atom stereocenters. The summed E-state index contributed by atoms with van der Waals surface area (Å²) in [6.45, 7) is 3.05. The molecule has 1 aromatic rings. The van der Waals surface area contributed by atoms with Crippen LogP contribution in [0.1, 0.15) is 18.9 Å². The maximum absolute atomic E-state index is 13.1. The predicted molar refractivity (Wildman–Crippen MR) is 70.1 cm³/mol. The summed E-state index contributed by atoms with van der Waals surface area (Å²) in [4.78, 5) is 0. The molecular weight excluding hydrogens is 269 g/mol. The molecule has 0 bridgehead atoms. The van der Waals surface area contributed by atoms with Gasteiger partial charge in [-0.3, -0.25) is 0 Å². The van der Waals surface area contributed by atoms with Crippen LogP contribution in [0.4, 0.5) is 4.39 Å². The quantitative estimate of drug-likeness (QED) is 0.643. The summed E-state index contributed by atoms with van der Waals surface area (Å²) in [6.07, 6.45) is 3.99. The summed E-state index contributed by atoms with van der Waals surface area (Å²) in [7, 11) is 1.94. The standard InChI is InChI=1S/C13H17BrFN/c1-10(4-3-7-16-2)8-11-9-12(15)5-6-13(11)14/h4-6,9,16H,3,7-8H2,1-2H3. The fourth-order valence-electron chi connectivity index (χ4n) is 1.51. The van der Waals surface area contributed by atoms with Gasteiger partial charge in [0.2, 0.25) is 0 Å². The van der Waals surface area contributed by atoms with E-state index in [1.165, 1.54) is 11.6 Å². The van der Waals surface area contributed by atoms with Gasteiger partial charge in [0.1, 0.15) is 5.82 Å². The Morgan fingerprint density at radius 3 is 2.94 bits per heavy atom. The van der Waals surface area contributed by atoms with E-state index < -0.39 is 0 Å². The third kappa shape index (κ3) is 4.45. The van der Waals surface area contributed by atoms with Crippen molar-refractivity contribution >= 4 is 15.9 Å². The zero-order valence-corrected chi connectivity index (χ0v) is 11.3. The molecule has 0 aromatic heterocycles. The van der Waals surface area contributed by atoms with Gasteiger partial charge in [-0.25, -0.2) is 4.39 Å². The SMILES string of the molecule is CNCCC=C(C)Cc1cc(F)ccc1Br. The molecule has 0 aliphatic rings. The van der Waals surface area contributed by atoms with E-state index in [1.54, 1.807) is 12.1 Å². The molecule has 0 saturated heterocycles. The fourth-order valence-corrected chi connectivity index (χ4v) is 1.90. The van der Waals surface area contributed by atoms with E-state index in [-0.39, 0.29) is 5.82 Å². The molecule has 0 saturated carbocycles. The Morgan fingerprint density at radius 1 is 1.50 bits per heavy atom. The van der Waals surface area contributed by atoms with Crippen LogP contribution in [0.5, 0.6) is 0 Å². The van der Waals surface area contributed by atoms with Crippen LogP contribution in [0.3, 0.4) is 0 Å². The Kier molecular flexibility index (Phi) is 5.71. The molecule has 0 atom stereocenters. The largest absolute Gasteiger partial charge is 0.319 e. The number of benzene rings is 1. The van der Waals surface area contributed by atoms with Crippen molar-refractivity contribution < 1.29 is 4.39 Å². The van der Waals surface area contributed by atoms with E-state index in [9.17, 15) is 4.39 Å². The summed E-state index contributed by atoms with van der Waals surface area (Å²) >= 11 is 3.43. The Morgan fingerprint density at radius 2 is 2.25 bits per heavy atom. The molecular formula is C13H17BrFN. The highest BCUT2D eigenvalue weighted by molar-refractivity contribution is 9.10. The van der Waals surface area contributed by atoms with Gasteiger partial charge < -0.3 is 5.32 Å². The van der Waals surface area contributed by atoms with E-state index in [2.05, 4.69) is 34.2 Å². The van der Waals surface area contributed by atoms with Crippen molar-refractivity contribution in [2.75, 3.05) is 13.6 Å². The summed E-state index contributed by atoms with van der Waals surface area (Å²) in [6, 6.07) is 4.80. The molecule has 0 amide bonds. The first-order valence-electron chi connectivity index (χ1n) is 5.37. The highest BCUT2D eigenvalue weighted by Gasteiger charge is 2.02. The van der Waals surface area contributed by atoms with Crippen LogP contribution in [0, 0.1) is 5.82 Å². The van der Waals surface area contributed by atoms with Gasteiger partial charge in [0, 0.05) is 4.47 Å². The molecule has 1 rings (SSSR count). The van der Waals surface area contributed by atoms with Gasteiger partial charge in [-0.2, -0.15) is 0 Å². The van der Waals surface area contributed by atoms with E-state index in [0.29, 0.717) is 0 Å². The number of allylic oxidation sites excluding steroid dienone is 1. The lowest BCUT2D eigenvalue weighted by Gasteiger charge is -2.05. The van der Waals surface area contributed by atoms with Gasteiger partial charge in [0.15, 0.2) is 0 Å². The second-order valence-corrected chi connectivity index (χ2v) is 4.71. The Bertz CT molecular complexity index is 374. The molecule has 88 valence electrons. The molecule has 1 aromatic carbocycles. The maximum atomic E-state index is 13.1. The first-order chi connectivity index (χ1) is 7.63. The molecule has 1 nitrogen and oxygen atoms in total. The third-order valence-corrected chi connectivity index (χ3v) is 3.14. The summed E-state index contributed by atoms with van der Waals surface area (Å²) in [5, 5.41) is 3.09. The van der Waals surface area contributed by atoms with E-state index in [0.717, 1.165) is 29.4 Å². The van der Waals surface area contributed by atoms with Crippen LogP contribution in [-0.2, 0) is 6.42 Å². The van der Waals surface area contributed by atoms with Crippen molar-refractivity contribution in [2.24, 2.45) is 0 Å². The number of hydrogen-bond donors (Lipinski definition) is 1. The molecule has 0 fully saturated rings. The van der Waals surface area contributed by atoms with Gasteiger partial charge in [0.05, 0.1) is 0 Å². The Hall–Kier alpha value is -0.670. The van der Waals surface area contributed by atoms with Gasteiger partial charge in [-0.15, -0.1) is 0 Å². The Balaban J connectivity index is 2.65. The maximum Gasteiger partial charge on any atom is 0.123 e. The number of nitrogens with one attached hydrogen (secondary N) is 1. The molecule has 0 radical (unpaired) electrons. The Labute approximate surface area is 105 Å². The van der Waals surface area contributed by atoms with Crippen molar-refractivity contribution in [2.45, 2.75) is 19.8 Å². The molecule has 0 heterocycles. The fraction of sp³-hybridized carbons (Fsp3) is 0.385. The first-order valence-corrected chi connectivity index (χ1v) is 6.17. The van der Waals surface area contributed by atoms with Crippen LogP contribution < -0.4 is 5.32 Å². The highest BCUT2D eigenvalue weighted by atomic mass is 79.9. The molecule has 3 heteroatoms. The van der Waals surface area contributed by atoms with E-state index in [1.807, 2.05) is 7.05 Å². The average Bonchev–Trinajstić information content (AvgIpc) is 2.24. The zero-order chi connectivity index (χ0) is 12.0. The van der Waals surface area contributed by atoms with E-state index >= 15 is 0 Å². The van der Waals surface area contributed by atoms with Crippen LogP contribution >= 0.6 is 15.9 Å². The van der Waals surface area contributed by atoms with Crippen molar-refractivity contribution in [1.29, 1.82) is 0 Å². The second kappa shape index (κ2) is 6.81. The third-order valence-electron chi connectivity index (χ3n) is 2.36. The predicted octanol–water partition coefficient (Wildman–Crippen LogP) is 3.69. The lowest BCUT2D eigenvalue weighted by Crippen LogP contribution is -2.06. The number of halogens is 2. The molecule has 0 spiro atoms. The van der Waals surface area contributed by atoms with Crippen LogP contribution in [0.25, 0.3) is 0 Å². The minimum atomic E-state index is -0.179. The van der Waals surface area contributed by atoms with Crippen molar-refractivity contribution in [3.05, 3.63) is 45.7 Å². The topological polar surface area (TPSA) is 12.0 Å². The van der Waals surface area contributed by atoms with Crippen LogP contribution in [-0.4, -0.2) is 13.6 Å². The number of hydrogen-bond acceptors (Lipinski definition) is 1. The van der Waals surface area contributed by atoms with Crippen molar-refractivity contribution in [3.63, 3.8) is 0 Å². The summed E-state index contributed by atoms with van der Waals surface area (Å²) < 4.78 is 14.0. The van der Waals surface area contributed by atoms with Gasteiger partial charge in [-0.1, -0.05) is 27.6 Å².